The number of pyridine rings is 1. The van der Waals surface area contributed by atoms with Crippen LogP contribution in [0.2, 0.25) is 0 Å². The van der Waals surface area contributed by atoms with Crippen LogP contribution in [-0.4, -0.2) is 40.5 Å². The van der Waals surface area contributed by atoms with Crippen molar-refractivity contribution in [2.24, 2.45) is 0 Å². The molecule has 2 fully saturated rings. The first-order valence-corrected chi connectivity index (χ1v) is 11.9. The van der Waals surface area contributed by atoms with E-state index >= 15 is 0 Å². The first kappa shape index (κ1) is 20.6. The van der Waals surface area contributed by atoms with E-state index in [1.165, 1.54) is 44.3 Å². The molecule has 0 N–H and O–H groups in total. The Morgan fingerprint density at radius 2 is 1.83 bits per heavy atom. The van der Waals surface area contributed by atoms with Crippen LogP contribution < -0.4 is 4.31 Å². The molecule has 2 aromatic rings. The maximum Gasteiger partial charge on any atom is 0.434 e. The van der Waals surface area contributed by atoms with E-state index in [4.69, 9.17) is 0 Å². The Hall–Kier alpha value is -1.32. The summed E-state index contributed by atoms with van der Waals surface area (Å²) in [6, 6.07) is 2.86. The predicted molar refractivity (Wildman–Crippen MR) is 115 cm³/mol. The summed E-state index contributed by atoms with van der Waals surface area (Å²) in [7, 11) is 0. The van der Waals surface area contributed by atoms with Crippen LogP contribution in [0.4, 0.5) is 19.0 Å². The molecule has 4 nitrogen and oxygen atoms in total. The van der Waals surface area contributed by atoms with Crippen molar-refractivity contribution in [2.75, 3.05) is 23.9 Å². The van der Waals surface area contributed by atoms with Crippen molar-refractivity contribution < 1.29 is 13.2 Å². The molecule has 2 aromatic heterocycles. The molecule has 30 heavy (non-hydrogen) atoms. The summed E-state index contributed by atoms with van der Waals surface area (Å²) < 4.78 is 40.8. The molecule has 0 bridgehead atoms. The molecule has 0 radical (unpaired) electrons. The number of hydrogen-bond acceptors (Lipinski definition) is 6. The van der Waals surface area contributed by atoms with Gasteiger partial charge in [-0.15, -0.1) is 11.3 Å². The van der Waals surface area contributed by atoms with Gasteiger partial charge in [-0.3, -0.25) is 0 Å². The van der Waals surface area contributed by atoms with Gasteiger partial charge in [-0.25, -0.2) is 9.97 Å². The van der Waals surface area contributed by atoms with Crippen molar-refractivity contribution in [1.82, 2.24) is 14.9 Å². The van der Waals surface area contributed by atoms with Crippen LogP contribution in [0, 0.1) is 0 Å². The van der Waals surface area contributed by atoms with Gasteiger partial charge in [0.2, 0.25) is 0 Å². The highest BCUT2D eigenvalue weighted by Crippen LogP contribution is 2.44. The van der Waals surface area contributed by atoms with Gasteiger partial charge < -0.3 is 9.21 Å². The standard InChI is InChI=1S/C21H25F3N4S2/c22-21(23,24)18-12-30-20(26-18)17-11-28(29)19-16(17)9-14(10-25-19)13-3-5-15(6-4-13)27-7-1-2-8-27/h9-10,12-13,15,17,29H,1-8,11H2/t13-,15-,17?. The minimum atomic E-state index is -4.41. The van der Waals surface area contributed by atoms with Gasteiger partial charge in [-0.2, -0.15) is 13.2 Å². The fourth-order valence-electron chi connectivity index (χ4n) is 5.21. The summed E-state index contributed by atoms with van der Waals surface area (Å²) >= 11 is 5.56. The lowest BCUT2D eigenvalue weighted by Gasteiger charge is -2.34. The minimum Gasteiger partial charge on any atom is -0.302 e. The zero-order valence-corrected chi connectivity index (χ0v) is 18.3. The van der Waals surface area contributed by atoms with E-state index in [1.54, 1.807) is 4.31 Å². The largest absolute Gasteiger partial charge is 0.434 e. The van der Waals surface area contributed by atoms with Gasteiger partial charge in [0.1, 0.15) is 10.8 Å². The molecule has 1 atom stereocenters. The second kappa shape index (κ2) is 7.98. The maximum atomic E-state index is 13.0. The Morgan fingerprint density at radius 1 is 1.10 bits per heavy atom. The molecule has 1 saturated carbocycles. The number of fused-ring (bicyclic) bond motifs is 1. The van der Waals surface area contributed by atoms with Crippen LogP contribution in [0.1, 0.15) is 72.2 Å². The quantitative estimate of drug-likeness (QED) is 0.623. The van der Waals surface area contributed by atoms with Crippen molar-refractivity contribution in [1.29, 1.82) is 0 Å². The Morgan fingerprint density at radius 3 is 2.50 bits per heavy atom. The van der Waals surface area contributed by atoms with Crippen LogP contribution in [0.15, 0.2) is 17.6 Å². The third-order valence-electron chi connectivity index (χ3n) is 6.83. The highest BCUT2D eigenvalue weighted by Gasteiger charge is 2.38. The van der Waals surface area contributed by atoms with Gasteiger partial charge >= 0.3 is 6.18 Å². The summed E-state index contributed by atoms with van der Waals surface area (Å²) in [4.78, 5) is 11.2. The zero-order valence-electron chi connectivity index (χ0n) is 16.6. The number of halogens is 3. The molecular formula is C21H25F3N4S2. The Kier molecular flexibility index (Phi) is 5.48. The number of aromatic nitrogens is 2. The molecule has 2 aliphatic heterocycles. The first-order valence-electron chi connectivity index (χ1n) is 10.6. The lowest BCUT2D eigenvalue weighted by molar-refractivity contribution is -0.140. The van der Waals surface area contributed by atoms with Gasteiger partial charge in [0.05, 0.1) is 5.92 Å². The molecule has 5 rings (SSSR count). The van der Waals surface area contributed by atoms with Crippen LogP contribution in [0.5, 0.6) is 0 Å². The third-order valence-corrected chi connectivity index (χ3v) is 8.14. The van der Waals surface area contributed by atoms with E-state index in [-0.39, 0.29) is 5.92 Å². The molecule has 3 aliphatic rings. The second-order valence-corrected chi connectivity index (χ2v) is 10.0. The maximum absolute atomic E-state index is 13.0. The van der Waals surface area contributed by atoms with Crippen LogP contribution >= 0.6 is 24.2 Å². The molecule has 1 aliphatic carbocycles. The average Bonchev–Trinajstić information content (AvgIpc) is 3.48. The van der Waals surface area contributed by atoms with E-state index in [1.807, 2.05) is 6.20 Å². The molecule has 4 heterocycles. The third kappa shape index (κ3) is 3.84. The molecule has 1 saturated heterocycles. The Bertz CT molecular complexity index is 902. The van der Waals surface area contributed by atoms with E-state index in [2.05, 4.69) is 33.7 Å². The van der Waals surface area contributed by atoms with E-state index in [0.717, 1.165) is 40.9 Å². The van der Waals surface area contributed by atoms with Gasteiger partial charge in [0.15, 0.2) is 5.69 Å². The zero-order chi connectivity index (χ0) is 20.9. The summed E-state index contributed by atoms with van der Waals surface area (Å²) in [6.07, 6.45) is 4.89. The number of thiol groups is 1. The summed E-state index contributed by atoms with van der Waals surface area (Å²) in [5, 5.41) is 1.59. The number of anilines is 1. The number of hydrogen-bond donors (Lipinski definition) is 1. The molecule has 0 spiro atoms. The normalized spacial score (nSPS) is 27.6. The SMILES string of the molecule is FC(F)(F)c1csc(C2CN(S)c3ncc([C@H]4CC[C@H](N5CCCC5)CC4)cc32)n1. The predicted octanol–water partition coefficient (Wildman–Crippen LogP) is 5.48. The molecule has 0 aromatic carbocycles. The van der Waals surface area contributed by atoms with Crippen molar-refractivity contribution in [2.45, 2.75) is 62.6 Å². The first-order chi connectivity index (χ1) is 14.4. The van der Waals surface area contributed by atoms with Gasteiger partial charge in [0, 0.05) is 29.7 Å². The van der Waals surface area contributed by atoms with Crippen LogP contribution in [-0.2, 0) is 6.18 Å². The van der Waals surface area contributed by atoms with E-state index in [9.17, 15) is 13.2 Å². The Labute approximate surface area is 184 Å². The summed E-state index contributed by atoms with van der Waals surface area (Å²) in [6.45, 7) is 2.97. The second-order valence-electron chi connectivity index (χ2n) is 8.63. The van der Waals surface area contributed by atoms with Gasteiger partial charge in [-0.05, 0) is 69.2 Å². The average molecular weight is 455 g/mol. The highest BCUT2D eigenvalue weighted by atomic mass is 32.1. The van der Waals surface area contributed by atoms with E-state index in [0.29, 0.717) is 23.5 Å². The lowest BCUT2D eigenvalue weighted by atomic mass is 9.81. The fraction of sp³-hybridized carbons (Fsp3) is 0.619. The molecule has 9 heteroatoms. The highest BCUT2D eigenvalue weighted by molar-refractivity contribution is 7.81. The van der Waals surface area contributed by atoms with Crippen molar-refractivity contribution in [3.05, 3.63) is 39.5 Å². The van der Waals surface area contributed by atoms with Gasteiger partial charge in [0.25, 0.3) is 0 Å². The fourth-order valence-corrected chi connectivity index (χ4v) is 6.48. The topological polar surface area (TPSA) is 32.3 Å². The number of nitrogens with zero attached hydrogens (tertiary/aromatic N) is 4. The van der Waals surface area contributed by atoms with Crippen molar-refractivity contribution >= 4 is 30.0 Å². The monoisotopic (exact) mass is 454 g/mol. The van der Waals surface area contributed by atoms with Gasteiger partial charge in [-0.1, -0.05) is 12.8 Å². The summed E-state index contributed by atoms with van der Waals surface area (Å²) in [5.41, 5.74) is 1.34. The summed E-state index contributed by atoms with van der Waals surface area (Å²) in [5.74, 6) is 0.992. The van der Waals surface area contributed by atoms with E-state index < -0.39 is 11.9 Å². The molecular weight excluding hydrogens is 429 g/mol. The number of likely N-dealkylation sites (tertiary alicyclic amines) is 1. The van der Waals surface area contributed by atoms with Crippen molar-refractivity contribution in [3.8, 4) is 0 Å². The molecule has 1 unspecified atom stereocenters. The smallest absolute Gasteiger partial charge is 0.302 e. The van der Waals surface area contributed by atoms with Crippen molar-refractivity contribution in [3.63, 3.8) is 0 Å². The molecule has 162 valence electrons. The van der Waals surface area contributed by atoms with Crippen LogP contribution in [0.25, 0.3) is 0 Å². The van der Waals surface area contributed by atoms with Crippen LogP contribution in [0.3, 0.4) is 0 Å². The number of thiazole rings is 1. The lowest BCUT2D eigenvalue weighted by Crippen LogP contribution is -2.35. The number of alkyl halides is 3. The minimum absolute atomic E-state index is 0.216. The molecule has 0 amide bonds. The number of rotatable bonds is 3. The Balaban J connectivity index is 1.35.